The zero-order valence-electron chi connectivity index (χ0n) is 4.68. The van der Waals surface area contributed by atoms with Crippen molar-refractivity contribution in [2.24, 2.45) is 0 Å². The van der Waals surface area contributed by atoms with Gasteiger partial charge in [-0.3, -0.25) is 0 Å². The summed E-state index contributed by atoms with van der Waals surface area (Å²) in [4.78, 5) is 0. The van der Waals surface area contributed by atoms with Crippen LogP contribution in [0.5, 0.6) is 0 Å². The van der Waals surface area contributed by atoms with Gasteiger partial charge in [-0.1, -0.05) is 0 Å². The molecule has 48 valence electrons. The maximum absolute atomic E-state index is 6.25. The first-order valence-corrected chi connectivity index (χ1v) is 1.64. The standard InChI is InChI=1S/2C2H5.CN.Pd/c3*1-2;/h2*1H2,2H3;;/q3*-1;. The average Bonchev–Trinajstić information content (AvgIpc) is 1.81. The van der Waals surface area contributed by atoms with E-state index >= 15 is 0 Å². The SMILES string of the molecule is [C-]#N.[CH2-]C.[CH2-]C.[Pd]. The number of hydrogen-bond donors (Lipinski definition) is 0. The fraction of sp³-hybridized carbons (Fsp3) is 0.400. The molecule has 0 aromatic rings. The second-order valence-electron chi connectivity index (χ2n) is 0. The van der Waals surface area contributed by atoms with E-state index in [9.17, 15) is 0 Å². The van der Waals surface area contributed by atoms with Gasteiger partial charge in [0.1, 0.15) is 0 Å². The van der Waals surface area contributed by atoms with Crippen molar-refractivity contribution in [3.63, 3.8) is 0 Å². The zero-order chi connectivity index (χ0) is 6.00. The molecule has 0 amide bonds. The summed E-state index contributed by atoms with van der Waals surface area (Å²) in [5.74, 6) is 0. The monoisotopic (exact) mass is 190 g/mol. The topological polar surface area (TPSA) is 23.8 Å². The Hall–Kier alpha value is 0.152. The summed E-state index contributed by atoms with van der Waals surface area (Å²) in [5.41, 5.74) is 0. The molecule has 0 radical (unpaired) electrons. The van der Waals surface area contributed by atoms with Gasteiger partial charge in [-0.15, -0.1) is 0 Å². The molecule has 0 saturated carbocycles. The molecule has 2 heteroatoms. The number of rotatable bonds is 0. The third-order valence-electron chi connectivity index (χ3n) is 0. The minimum absolute atomic E-state index is 0. The molecule has 0 aliphatic rings. The van der Waals surface area contributed by atoms with E-state index in [1.165, 1.54) is 0 Å². The predicted molar refractivity (Wildman–Crippen MR) is 27.0 cm³/mol. The first-order chi connectivity index (χ1) is 3.00. The van der Waals surface area contributed by atoms with Gasteiger partial charge in [-0.2, -0.15) is 13.8 Å². The van der Waals surface area contributed by atoms with Gasteiger partial charge < -0.3 is 25.7 Å². The van der Waals surface area contributed by atoms with Crippen LogP contribution in [0.4, 0.5) is 0 Å². The van der Waals surface area contributed by atoms with Crippen LogP contribution in [-0.2, 0) is 20.4 Å². The Labute approximate surface area is 60.4 Å². The van der Waals surface area contributed by atoms with E-state index in [0.717, 1.165) is 0 Å². The summed E-state index contributed by atoms with van der Waals surface area (Å²) < 4.78 is 0. The maximum Gasteiger partial charge on any atom is 0 e. The van der Waals surface area contributed by atoms with Crippen LogP contribution in [0.25, 0.3) is 0 Å². The molecule has 0 aromatic heterocycles. The molecule has 0 heterocycles. The van der Waals surface area contributed by atoms with Gasteiger partial charge in [0.05, 0.1) is 0 Å². The molecule has 0 N–H and O–H groups in total. The van der Waals surface area contributed by atoms with E-state index in [2.05, 4.69) is 13.8 Å². The third kappa shape index (κ3) is 4570. The van der Waals surface area contributed by atoms with E-state index in [-0.39, 0.29) is 20.4 Å². The minimum atomic E-state index is 0. The Balaban J connectivity index is -0.00000000900. The molecule has 0 aliphatic heterocycles. The smallest absolute Gasteiger partial charge is 0 e. The van der Waals surface area contributed by atoms with E-state index in [4.69, 9.17) is 11.8 Å². The zero-order valence-corrected chi connectivity index (χ0v) is 6.23. The van der Waals surface area contributed by atoms with Crippen molar-refractivity contribution in [1.29, 1.82) is 5.26 Å². The molecule has 0 unspecified atom stereocenters. The molecule has 0 fully saturated rings. The van der Waals surface area contributed by atoms with Crippen molar-refractivity contribution in [3.8, 4) is 0 Å². The summed E-state index contributed by atoms with van der Waals surface area (Å²) in [7, 11) is 0. The maximum atomic E-state index is 6.25. The van der Waals surface area contributed by atoms with Gasteiger partial charge in [0.2, 0.25) is 0 Å². The Morgan fingerprint density at radius 3 is 1.00 bits per heavy atom. The molecule has 0 saturated heterocycles. The molecule has 0 rings (SSSR count). The Morgan fingerprint density at radius 1 is 1.00 bits per heavy atom. The van der Waals surface area contributed by atoms with Crippen molar-refractivity contribution >= 4 is 0 Å². The summed E-state index contributed by atoms with van der Waals surface area (Å²) in [5, 5.41) is 6.25. The average molecular weight is 191 g/mol. The van der Waals surface area contributed by atoms with E-state index < -0.39 is 0 Å². The molecular formula is C5H10NPd-3. The molecule has 0 aliphatic carbocycles. The van der Waals surface area contributed by atoms with E-state index in [1.54, 1.807) is 13.8 Å². The quantitative estimate of drug-likeness (QED) is 0.422. The number of hydrogen-bond acceptors (Lipinski definition) is 1. The van der Waals surface area contributed by atoms with Gasteiger partial charge in [-0.05, 0) is 0 Å². The van der Waals surface area contributed by atoms with Gasteiger partial charge in [-0.25, -0.2) is 0 Å². The predicted octanol–water partition coefficient (Wildman–Crippen LogP) is 1.77. The van der Waals surface area contributed by atoms with Crippen LogP contribution in [0.3, 0.4) is 0 Å². The summed E-state index contributed by atoms with van der Waals surface area (Å²) in [6.07, 6.45) is 0. The van der Waals surface area contributed by atoms with Gasteiger partial charge in [0.25, 0.3) is 0 Å². The van der Waals surface area contributed by atoms with Crippen molar-refractivity contribution in [2.75, 3.05) is 0 Å². The largest absolute Gasteiger partial charge is 0.512 e. The summed E-state index contributed by atoms with van der Waals surface area (Å²) in [6, 6.07) is 0. The van der Waals surface area contributed by atoms with Crippen LogP contribution >= 0.6 is 0 Å². The van der Waals surface area contributed by atoms with Crippen LogP contribution in [-0.4, -0.2) is 0 Å². The van der Waals surface area contributed by atoms with Gasteiger partial charge in [0.15, 0.2) is 0 Å². The minimum Gasteiger partial charge on any atom is -0.512 e. The van der Waals surface area contributed by atoms with Crippen molar-refractivity contribution in [2.45, 2.75) is 13.8 Å². The Morgan fingerprint density at radius 2 is 1.00 bits per heavy atom. The van der Waals surface area contributed by atoms with Gasteiger partial charge >= 0.3 is 0 Å². The van der Waals surface area contributed by atoms with Gasteiger partial charge in [0, 0.05) is 20.4 Å². The Kier molecular flexibility index (Phi) is 27400. The normalized spacial score (nSPS) is 2.00. The van der Waals surface area contributed by atoms with Crippen LogP contribution < -0.4 is 0 Å². The fourth-order valence-corrected chi connectivity index (χ4v) is 0. The summed E-state index contributed by atoms with van der Waals surface area (Å²) in [6.45, 7) is 14.8. The molecule has 0 atom stereocenters. The van der Waals surface area contributed by atoms with Crippen LogP contribution in [0.2, 0.25) is 0 Å². The molecule has 0 aromatic carbocycles. The molecule has 7 heavy (non-hydrogen) atoms. The fourth-order valence-electron chi connectivity index (χ4n) is 0. The Bertz CT molecular complexity index is 12.8. The van der Waals surface area contributed by atoms with E-state index in [1.807, 2.05) is 0 Å². The van der Waals surface area contributed by atoms with Crippen LogP contribution in [0, 0.1) is 25.7 Å². The molecule has 0 spiro atoms. The van der Waals surface area contributed by atoms with Crippen molar-refractivity contribution in [1.82, 2.24) is 0 Å². The van der Waals surface area contributed by atoms with Crippen molar-refractivity contribution in [3.05, 3.63) is 20.4 Å². The van der Waals surface area contributed by atoms with E-state index in [0.29, 0.717) is 0 Å². The second-order valence-corrected chi connectivity index (χ2v) is 0. The van der Waals surface area contributed by atoms with Crippen LogP contribution in [0.15, 0.2) is 0 Å². The first kappa shape index (κ1) is 27.2. The summed E-state index contributed by atoms with van der Waals surface area (Å²) >= 11 is 0. The molecule has 0 bridgehead atoms. The van der Waals surface area contributed by atoms with Crippen molar-refractivity contribution < 1.29 is 20.4 Å². The molecule has 1 nitrogen and oxygen atoms in total. The molecular weight excluding hydrogens is 180 g/mol. The van der Waals surface area contributed by atoms with Crippen LogP contribution in [0.1, 0.15) is 13.8 Å². The first-order valence-electron chi connectivity index (χ1n) is 1.64. The third-order valence-corrected chi connectivity index (χ3v) is 0. The number of nitrogens with zero attached hydrogens (tertiary/aromatic N) is 1. The second kappa shape index (κ2) is 7040.